The van der Waals surface area contributed by atoms with E-state index >= 15 is 0 Å². The fourth-order valence-electron chi connectivity index (χ4n) is 3.18. The van der Waals surface area contributed by atoms with Gasteiger partial charge in [-0.25, -0.2) is 0 Å². The first-order valence-electron chi connectivity index (χ1n) is 6.86. The Morgan fingerprint density at radius 3 is 2.94 bits per heavy atom. The molecule has 1 saturated heterocycles. The fraction of sp³-hybridized carbons (Fsp3) is 0.714. The van der Waals surface area contributed by atoms with Gasteiger partial charge >= 0.3 is 0 Å². The number of likely N-dealkylation sites (N-methyl/N-ethyl adjacent to an activating group) is 1. The number of likely N-dealkylation sites (tertiary alicyclic amines) is 1. The summed E-state index contributed by atoms with van der Waals surface area (Å²) in [5, 5.41) is 3.43. The molecule has 0 saturated carbocycles. The Morgan fingerprint density at radius 1 is 1.47 bits per heavy atom. The first-order chi connectivity index (χ1) is 8.29. The maximum atomic E-state index is 6.10. The van der Waals surface area contributed by atoms with Crippen molar-refractivity contribution in [1.29, 1.82) is 0 Å². The number of piperidine rings is 1. The molecule has 1 fully saturated rings. The standard InChI is InChI=1S/C12H17ClN2.C2H6/c1-2-15-6-5-8-7-10(15)9-3-4-11(13)14-12(8)9;1-2/h3-4,8,10-11,14H,2,5-7H2,1H3;1-2H3. The van der Waals surface area contributed by atoms with Gasteiger partial charge < -0.3 is 5.32 Å². The van der Waals surface area contributed by atoms with Gasteiger partial charge in [0.15, 0.2) is 0 Å². The van der Waals surface area contributed by atoms with E-state index < -0.39 is 0 Å². The lowest BCUT2D eigenvalue weighted by Crippen LogP contribution is -2.39. The second kappa shape index (κ2) is 5.45. The van der Waals surface area contributed by atoms with Gasteiger partial charge in [-0.2, -0.15) is 0 Å². The molecule has 3 heteroatoms. The third kappa shape index (κ3) is 2.25. The van der Waals surface area contributed by atoms with Crippen molar-refractivity contribution in [2.75, 3.05) is 13.1 Å². The molecular weight excluding hydrogens is 232 g/mol. The smallest absolute Gasteiger partial charge is 0.120 e. The van der Waals surface area contributed by atoms with Gasteiger partial charge in [-0.05, 0) is 37.6 Å². The average Bonchev–Trinajstić information content (AvgIpc) is 2.66. The van der Waals surface area contributed by atoms with Crippen LogP contribution >= 0.6 is 11.6 Å². The molecule has 96 valence electrons. The van der Waals surface area contributed by atoms with Crippen molar-refractivity contribution in [2.45, 2.75) is 45.2 Å². The van der Waals surface area contributed by atoms with Crippen molar-refractivity contribution in [3.05, 3.63) is 23.4 Å². The number of nitrogens with zero attached hydrogens (tertiary/aromatic N) is 1. The predicted octanol–water partition coefficient (Wildman–Crippen LogP) is 3.11. The molecule has 2 nitrogen and oxygen atoms in total. The Balaban J connectivity index is 0.000000514. The number of fused-ring (bicyclic) bond motifs is 4. The Bertz CT molecular complexity index is 335. The fourth-order valence-corrected chi connectivity index (χ4v) is 3.37. The largest absolute Gasteiger partial charge is 0.369 e. The van der Waals surface area contributed by atoms with Crippen LogP contribution < -0.4 is 5.32 Å². The molecule has 2 heterocycles. The van der Waals surface area contributed by atoms with E-state index in [1.165, 1.54) is 30.7 Å². The van der Waals surface area contributed by atoms with Crippen molar-refractivity contribution >= 4 is 11.6 Å². The molecule has 0 spiro atoms. The van der Waals surface area contributed by atoms with E-state index in [9.17, 15) is 0 Å². The van der Waals surface area contributed by atoms with Crippen molar-refractivity contribution in [1.82, 2.24) is 10.2 Å². The number of hydrogen-bond acceptors (Lipinski definition) is 2. The van der Waals surface area contributed by atoms with E-state index in [-0.39, 0.29) is 5.50 Å². The highest BCUT2D eigenvalue weighted by atomic mass is 35.5. The summed E-state index contributed by atoms with van der Waals surface area (Å²) in [5.41, 5.74) is 2.92. The van der Waals surface area contributed by atoms with E-state index in [1.54, 1.807) is 0 Å². The minimum Gasteiger partial charge on any atom is -0.369 e. The third-order valence-corrected chi connectivity index (χ3v) is 4.19. The number of rotatable bonds is 1. The van der Waals surface area contributed by atoms with Gasteiger partial charge in [-0.1, -0.05) is 38.4 Å². The normalized spacial score (nSPS) is 34.9. The maximum absolute atomic E-state index is 6.10. The summed E-state index contributed by atoms with van der Waals surface area (Å²) in [6.45, 7) is 8.65. The Hall–Kier alpha value is -0.470. The number of allylic oxidation sites excluding steroid dienone is 1. The molecule has 17 heavy (non-hydrogen) atoms. The summed E-state index contributed by atoms with van der Waals surface area (Å²) in [6, 6.07) is 0.650. The van der Waals surface area contributed by atoms with E-state index in [4.69, 9.17) is 11.6 Å². The molecule has 0 aromatic heterocycles. The predicted molar refractivity (Wildman–Crippen MR) is 74.0 cm³/mol. The molecule has 0 aromatic rings. The first-order valence-corrected chi connectivity index (χ1v) is 7.30. The number of alkyl halides is 1. The molecule has 3 unspecified atom stereocenters. The lowest BCUT2D eigenvalue weighted by Gasteiger charge is -2.33. The summed E-state index contributed by atoms with van der Waals surface area (Å²) in [4.78, 5) is 2.58. The number of halogens is 1. The number of hydrogen-bond donors (Lipinski definition) is 1. The van der Waals surface area contributed by atoms with E-state index in [0.717, 1.165) is 12.5 Å². The van der Waals surface area contributed by atoms with Gasteiger partial charge in [-0.3, -0.25) is 4.90 Å². The summed E-state index contributed by atoms with van der Waals surface area (Å²) < 4.78 is 0. The molecule has 0 aromatic carbocycles. The SMILES string of the molecule is CC.CCN1CCC2CC1C1=C2NC(Cl)C=C1. The van der Waals surface area contributed by atoms with Crippen LogP contribution in [-0.2, 0) is 0 Å². The minimum absolute atomic E-state index is 0.00169. The number of nitrogens with one attached hydrogen (secondary N) is 1. The van der Waals surface area contributed by atoms with Crippen LogP contribution in [0.25, 0.3) is 0 Å². The molecule has 2 bridgehead atoms. The second-order valence-corrected chi connectivity index (χ2v) is 5.11. The monoisotopic (exact) mass is 254 g/mol. The minimum atomic E-state index is -0.00169. The van der Waals surface area contributed by atoms with Crippen LogP contribution in [0.5, 0.6) is 0 Å². The van der Waals surface area contributed by atoms with Crippen LogP contribution in [0.3, 0.4) is 0 Å². The second-order valence-electron chi connectivity index (χ2n) is 4.64. The quantitative estimate of drug-likeness (QED) is 0.571. The van der Waals surface area contributed by atoms with Gasteiger partial charge in [0.05, 0.1) is 0 Å². The summed E-state index contributed by atoms with van der Waals surface area (Å²) in [5.74, 6) is 0.735. The first kappa shape index (κ1) is 13.0. The van der Waals surface area contributed by atoms with Crippen LogP contribution in [0.2, 0.25) is 0 Å². The zero-order chi connectivity index (χ0) is 12.4. The highest BCUT2D eigenvalue weighted by molar-refractivity contribution is 6.21. The molecular formula is C14H23ClN2. The van der Waals surface area contributed by atoms with Crippen molar-refractivity contribution in [3.63, 3.8) is 0 Å². The summed E-state index contributed by atoms with van der Waals surface area (Å²) in [6.07, 6.45) is 6.88. The average molecular weight is 255 g/mol. The Labute approximate surface area is 110 Å². The lowest BCUT2D eigenvalue weighted by molar-refractivity contribution is 0.173. The lowest BCUT2D eigenvalue weighted by atomic mass is 9.96. The zero-order valence-electron chi connectivity index (χ0n) is 11.0. The molecule has 0 radical (unpaired) electrons. The molecule has 3 rings (SSSR count). The van der Waals surface area contributed by atoms with E-state index in [2.05, 4.69) is 29.3 Å². The van der Waals surface area contributed by atoms with Crippen LogP contribution in [0.1, 0.15) is 33.6 Å². The summed E-state index contributed by atoms with van der Waals surface area (Å²) >= 11 is 6.10. The zero-order valence-corrected chi connectivity index (χ0v) is 11.8. The van der Waals surface area contributed by atoms with Crippen LogP contribution in [-0.4, -0.2) is 29.5 Å². The molecule has 1 N–H and O–H groups in total. The molecule has 1 aliphatic carbocycles. The third-order valence-electron chi connectivity index (χ3n) is 3.94. The van der Waals surface area contributed by atoms with E-state index in [1.807, 2.05) is 13.8 Å². The molecule has 2 aliphatic heterocycles. The Kier molecular flexibility index (Phi) is 4.16. The molecule has 0 amide bonds. The van der Waals surface area contributed by atoms with Crippen LogP contribution in [0.15, 0.2) is 23.4 Å². The van der Waals surface area contributed by atoms with Gasteiger partial charge in [0.25, 0.3) is 0 Å². The highest BCUT2D eigenvalue weighted by Crippen LogP contribution is 2.42. The van der Waals surface area contributed by atoms with Crippen molar-refractivity contribution in [3.8, 4) is 0 Å². The van der Waals surface area contributed by atoms with Gasteiger partial charge in [0.2, 0.25) is 0 Å². The number of dihydropyridines is 1. The van der Waals surface area contributed by atoms with Gasteiger partial charge in [0, 0.05) is 17.7 Å². The Morgan fingerprint density at radius 2 is 2.24 bits per heavy atom. The highest BCUT2D eigenvalue weighted by Gasteiger charge is 2.40. The molecule has 3 aliphatic rings. The maximum Gasteiger partial charge on any atom is 0.120 e. The van der Waals surface area contributed by atoms with Crippen LogP contribution in [0, 0.1) is 5.92 Å². The topological polar surface area (TPSA) is 15.3 Å². The summed E-state index contributed by atoms with van der Waals surface area (Å²) in [7, 11) is 0. The molecule has 3 atom stereocenters. The van der Waals surface area contributed by atoms with E-state index in [0.29, 0.717) is 6.04 Å². The van der Waals surface area contributed by atoms with Crippen molar-refractivity contribution in [2.24, 2.45) is 5.92 Å². The van der Waals surface area contributed by atoms with Gasteiger partial charge in [-0.15, -0.1) is 0 Å². The van der Waals surface area contributed by atoms with Crippen LogP contribution in [0.4, 0.5) is 0 Å². The van der Waals surface area contributed by atoms with Crippen molar-refractivity contribution < 1.29 is 0 Å². The van der Waals surface area contributed by atoms with Gasteiger partial charge in [0.1, 0.15) is 5.50 Å².